The molecular formula is C14H18FNO4. The maximum atomic E-state index is 13.3. The highest BCUT2D eigenvalue weighted by atomic mass is 19.1. The highest BCUT2D eigenvalue weighted by molar-refractivity contribution is 5.81. The van der Waals surface area contributed by atoms with Crippen LogP contribution in [0.3, 0.4) is 0 Å². The highest BCUT2D eigenvalue weighted by Gasteiger charge is 2.25. The molecule has 0 aromatic heterocycles. The van der Waals surface area contributed by atoms with Crippen molar-refractivity contribution < 1.29 is 23.8 Å². The molecule has 110 valence electrons. The van der Waals surface area contributed by atoms with Crippen molar-refractivity contribution in [2.45, 2.75) is 39.3 Å². The molecule has 6 heteroatoms. The van der Waals surface area contributed by atoms with Crippen molar-refractivity contribution in [3.8, 4) is 0 Å². The number of rotatable bonds is 3. The monoisotopic (exact) mass is 283 g/mol. The number of carboxylic acid groups (broad SMARTS) is 1. The second kappa shape index (κ2) is 5.90. The van der Waals surface area contributed by atoms with Gasteiger partial charge in [-0.1, -0.05) is 6.07 Å². The van der Waals surface area contributed by atoms with Gasteiger partial charge < -0.3 is 15.2 Å². The van der Waals surface area contributed by atoms with Gasteiger partial charge in [0.15, 0.2) is 6.04 Å². The number of carboxylic acids is 1. The van der Waals surface area contributed by atoms with Crippen LogP contribution in [0, 0.1) is 12.7 Å². The second-order valence-corrected chi connectivity index (χ2v) is 5.48. The quantitative estimate of drug-likeness (QED) is 0.894. The summed E-state index contributed by atoms with van der Waals surface area (Å²) in [5, 5.41) is 11.4. The first-order chi connectivity index (χ1) is 9.08. The molecule has 0 bridgehead atoms. The van der Waals surface area contributed by atoms with Gasteiger partial charge in [0.1, 0.15) is 11.4 Å². The Kier molecular flexibility index (Phi) is 4.70. The maximum Gasteiger partial charge on any atom is 0.408 e. The first-order valence-electron chi connectivity index (χ1n) is 6.08. The molecule has 1 amide bonds. The van der Waals surface area contributed by atoms with Crippen LogP contribution in [0.1, 0.15) is 37.9 Å². The van der Waals surface area contributed by atoms with Crippen LogP contribution in [0.25, 0.3) is 0 Å². The number of alkyl carbamates (subject to hydrolysis) is 1. The molecule has 1 unspecified atom stereocenters. The van der Waals surface area contributed by atoms with Gasteiger partial charge in [0.25, 0.3) is 0 Å². The lowest BCUT2D eigenvalue weighted by molar-refractivity contribution is -0.139. The van der Waals surface area contributed by atoms with Crippen molar-refractivity contribution in [1.82, 2.24) is 5.32 Å². The Hall–Kier alpha value is -2.11. The topological polar surface area (TPSA) is 75.6 Å². The van der Waals surface area contributed by atoms with Gasteiger partial charge in [-0.15, -0.1) is 0 Å². The summed E-state index contributed by atoms with van der Waals surface area (Å²) in [7, 11) is 0. The van der Waals surface area contributed by atoms with Crippen molar-refractivity contribution in [1.29, 1.82) is 0 Å². The zero-order valence-corrected chi connectivity index (χ0v) is 11.9. The van der Waals surface area contributed by atoms with E-state index >= 15 is 0 Å². The van der Waals surface area contributed by atoms with Crippen molar-refractivity contribution in [3.05, 3.63) is 35.1 Å². The van der Waals surface area contributed by atoms with Crippen molar-refractivity contribution in [3.63, 3.8) is 0 Å². The fraction of sp³-hybridized carbons (Fsp3) is 0.429. The number of halogens is 1. The van der Waals surface area contributed by atoms with Crippen LogP contribution in [0.15, 0.2) is 18.2 Å². The Balaban J connectivity index is 2.95. The van der Waals surface area contributed by atoms with Crippen LogP contribution >= 0.6 is 0 Å². The van der Waals surface area contributed by atoms with E-state index in [2.05, 4.69) is 5.32 Å². The summed E-state index contributed by atoms with van der Waals surface area (Å²) in [4.78, 5) is 22.9. The molecular weight excluding hydrogens is 265 g/mol. The molecule has 1 atom stereocenters. The molecule has 0 spiro atoms. The van der Waals surface area contributed by atoms with Crippen LogP contribution in [-0.2, 0) is 9.53 Å². The molecule has 1 rings (SSSR count). The van der Waals surface area contributed by atoms with Gasteiger partial charge in [-0.25, -0.2) is 14.0 Å². The van der Waals surface area contributed by atoms with Crippen LogP contribution in [0.2, 0.25) is 0 Å². The van der Waals surface area contributed by atoms with Crippen molar-refractivity contribution in [2.24, 2.45) is 0 Å². The molecule has 0 fully saturated rings. The van der Waals surface area contributed by atoms with Crippen LogP contribution in [0.5, 0.6) is 0 Å². The van der Waals surface area contributed by atoms with Gasteiger partial charge in [-0.2, -0.15) is 0 Å². The molecule has 0 aliphatic rings. The summed E-state index contributed by atoms with van der Waals surface area (Å²) < 4.78 is 18.3. The minimum absolute atomic E-state index is 0.154. The molecule has 1 aromatic rings. The average Bonchev–Trinajstić information content (AvgIpc) is 2.21. The lowest BCUT2D eigenvalue weighted by Crippen LogP contribution is -2.38. The highest BCUT2D eigenvalue weighted by Crippen LogP contribution is 2.18. The molecule has 0 saturated heterocycles. The van der Waals surface area contributed by atoms with E-state index in [-0.39, 0.29) is 5.56 Å². The van der Waals surface area contributed by atoms with Gasteiger partial charge in [-0.05, 0) is 51.0 Å². The lowest BCUT2D eigenvalue weighted by atomic mass is 10.0. The number of benzene rings is 1. The molecule has 5 nitrogen and oxygen atoms in total. The van der Waals surface area contributed by atoms with Gasteiger partial charge >= 0.3 is 12.1 Å². The number of hydrogen-bond acceptors (Lipinski definition) is 3. The number of nitrogens with one attached hydrogen (secondary N) is 1. The van der Waals surface area contributed by atoms with Gasteiger partial charge in [-0.3, -0.25) is 0 Å². The maximum absolute atomic E-state index is 13.3. The van der Waals surface area contributed by atoms with E-state index < -0.39 is 29.5 Å². The lowest BCUT2D eigenvalue weighted by Gasteiger charge is -2.22. The SMILES string of the molecule is Cc1cc(F)cc(C(NC(=O)OC(C)(C)C)C(=O)O)c1. The molecule has 0 saturated carbocycles. The van der Waals surface area contributed by atoms with E-state index in [4.69, 9.17) is 9.84 Å². The summed E-state index contributed by atoms with van der Waals surface area (Å²) in [6, 6.07) is 2.48. The Bertz CT molecular complexity index is 502. The zero-order valence-electron chi connectivity index (χ0n) is 11.9. The summed E-state index contributed by atoms with van der Waals surface area (Å²) in [5.41, 5.74) is -0.0246. The second-order valence-electron chi connectivity index (χ2n) is 5.48. The molecule has 20 heavy (non-hydrogen) atoms. The largest absolute Gasteiger partial charge is 0.479 e. The van der Waals surface area contributed by atoms with E-state index in [0.717, 1.165) is 6.07 Å². The Morgan fingerprint density at radius 3 is 2.35 bits per heavy atom. The fourth-order valence-electron chi connectivity index (χ4n) is 1.64. The van der Waals surface area contributed by atoms with Crippen molar-refractivity contribution >= 4 is 12.1 Å². The standard InChI is InChI=1S/C14H18FNO4/c1-8-5-9(7-10(15)6-8)11(12(17)18)16-13(19)20-14(2,3)4/h5-7,11H,1-4H3,(H,16,19)(H,17,18). The molecule has 0 aliphatic heterocycles. The number of carbonyl (C=O) groups is 2. The van der Waals surface area contributed by atoms with Gasteiger partial charge in [0.2, 0.25) is 0 Å². The predicted molar refractivity (Wildman–Crippen MR) is 70.9 cm³/mol. The number of amides is 1. The molecule has 2 N–H and O–H groups in total. The van der Waals surface area contributed by atoms with E-state index in [9.17, 15) is 14.0 Å². The molecule has 0 radical (unpaired) electrons. The third-order valence-corrected chi connectivity index (χ3v) is 2.31. The van der Waals surface area contributed by atoms with Crippen molar-refractivity contribution in [2.75, 3.05) is 0 Å². The minimum atomic E-state index is -1.36. The van der Waals surface area contributed by atoms with Crippen LogP contribution < -0.4 is 5.32 Å². The number of hydrogen-bond donors (Lipinski definition) is 2. The Morgan fingerprint density at radius 2 is 1.90 bits per heavy atom. The number of carbonyl (C=O) groups excluding carboxylic acids is 1. The summed E-state index contributed by atoms with van der Waals surface area (Å²) in [5.74, 6) is -1.85. The number of aliphatic carboxylic acids is 1. The molecule has 1 aromatic carbocycles. The first kappa shape index (κ1) is 15.9. The average molecular weight is 283 g/mol. The van der Waals surface area contributed by atoms with Crippen LogP contribution in [0.4, 0.5) is 9.18 Å². The minimum Gasteiger partial charge on any atom is -0.479 e. The zero-order chi connectivity index (χ0) is 15.5. The summed E-state index contributed by atoms with van der Waals surface area (Å²) >= 11 is 0. The Morgan fingerprint density at radius 1 is 1.30 bits per heavy atom. The third kappa shape index (κ3) is 4.87. The van der Waals surface area contributed by atoms with Crippen LogP contribution in [-0.4, -0.2) is 22.8 Å². The van der Waals surface area contributed by atoms with Gasteiger partial charge in [0.05, 0.1) is 0 Å². The fourth-order valence-corrected chi connectivity index (χ4v) is 1.64. The van der Waals surface area contributed by atoms with Gasteiger partial charge in [0, 0.05) is 0 Å². The van der Waals surface area contributed by atoms with E-state index in [1.54, 1.807) is 27.7 Å². The Labute approximate surface area is 116 Å². The predicted octanol–water partition coefficient (Wildman–Crippen LogP) is 2.78. The van der Waals surface area contributed by atoms with E-state index in [0.29, 0.717) is 5.56 Å². The number of aryl methyl sites for hydroxylation is 1. The van der Waals surface area contributed by atoms with E-state index in [1.165, 1.54) is 12.1 Å². The first-order valence-corrected chi connectivity index (χ1v) is 6.08. The summed E-state index contributed by atoms with van der Waals surface area (Å²) in [6.07, 6.45) is -0.869. The molecule has 0 aliphatic carbocycles. The normalized spacial score (nSPS) is 12.7. The van der Waals surface area contributed by atoms with E-state index in [1.807, 2.05) is 0 Å². The third-order valence-electron chi connectivity index (χ3n) is 2.31. The summed E-state index contributed by atoms with van der Waals surface area (Å²) in [6.45, 7) is 6.62. The number of ether oxygens (including phenoxy) is 1. The smallest absolute Gasteiger partial charge is 0.408 e. The molecule has 0 heterocycles.